The summed E-state index contributed by atoms with van der Waals surface area (Å²) in [6, 6.07) is 17.7. The Morgan fingerprint density at radius 3 is 2.37 bits per heavy atom. The predicted molar refractivity (Wildman–Crippen MR) is 117 cm³/mol. The molecule has 0 radical (unpaired) electrons. The van der Waals surface area contributed by atoms with E-state index in [1.54, 1.807) is 6.21 Å². The molecule has 2 aromatic rings. The normalized spacial score (nSPS) is 14.4. The third kappa shape index (κ3) is 7.70. The molecule has 6 nitrogen and oxygen atoms in total. The Morgan fingerprint density at radius 1 is 0.933 bits per heavy atom. The number of hydrogen-bond acceptors (Lipinski definition) is 4. The van der Waals surface area contributed by atoms with Gasteiger partial charge in [-0.25, -0.2) is 5.43 Å². The Hall–Kier alpha value is -3.15. The van der Waals surface area contributed by atoms with E-state index in [4.69, 9.17) is 4.74 Å². The van der Waals surface area contributed by atoms with E-state index in [0.29, 0.717) is 6.61 Å². The van der Waals surface area contributed by atoms with Gasteiger partial charge in [0.05, 0.1) is 6.21 Å². The molecule has 158 valence electrons. The van der Waals surface area contributed by atoms with Crippen molar-refractivity contribution >= 4 is 18.0 Å². The maximum Gasteiger partial charge on any atom is 0.240 e. The average Bonchev–Trinajstić information content (AvgIpc) is 2.78. The molecule has 3 rings (SSSR count). The molecule has 1 fully saturated rings. The molecule has 1 saturated carbocycles. The minimum Gasteiger partial charge on any atom is -0.489 e. The Balaban J connectivity index is 1.34. The summed E-state index contributed by atoms with van der Waals surface area (Å²) in [6.45, 7) is 0.513. The van der Waals surface area contributed by atoms with Crippen molar-refractivity contribution in [1.82, 2.24) is 10.7 Å². The first-order valence-electron chi connectivity index (χ1n) is 10.6. The molecule has 2 aromatic carbocycles. The molecule has 30 heavy (non-hydrogen) atoms. The maximum atomic E-state index is 11.9. The summed E-state index contributed by atoms with van der Waals surface area (Å²) in [7, 11) is 0. The summed E-state index contributed by atoms with van der Waals surface area (Å²) in [5, 5.41) is 6.97. The summed E-state index contributed by atoms with van der Waals surface area (Å²) < 4.78 is 5.75. The van der Waals surface area contributed by atoms with Crippen LogP contribution in [0.15, 0.2) is 59.7 Å². The molecule has 1 aliphatic rings. The van der Waals surface area contributed by atoms with E-state index in [-0.39, 0.29) is 30.7 Å². The molecule has 0 bridgehead atoms. The molecule has 0 aliphatic heterocycles. The molecule has 0 heterocycles. The highest BCUT2D eigenvalue weighted by molar-refractivity contribution is 5.85. The SMILES string of the molecule is O=C(CCC(=O)NC1CCCCC1)N/N=C/c1ccc(OCc2ccccc2)cc1. The van der Waals surface area contributed by atoms with Crippen LogP contribution in [0.3, 0.4) is 0 Å². The van der Waals surface area contributed by atoms with E-state index in [1.165, 1.54) is 19.3 Å². The molecular weight excluding hydrogens is 378 g/mol. The van der Waals surface area contributed by atoms with Crippen LogP contribution in [0.5, 0.6) is 5.75 Å². The molecule has 2 amide bonds. The van der Waals surface area contributed by atoms with Gasteiger partial charge in [-0.05, 0) is 48.2 Å². The molecule has 6 heteroatoms. The number of nitrogens with one attached hydrogen (secondary N) is 2. The topological polar surface area (TPSA) is 79.8 Å². The Morgan fingerprint density at radius 2 is 1.63 bits per heavy atom. The molecule has 2 N–H and O–H groups in total. The maximum absolute atomic E-state index is 11.9. The minimum absolute atomic E-state index is 0.0629. The Kier molecular flexibility index (Phi) is 8.45. The van der Waals surface area contributed by atoms with Crippen molar-refractivity contribution in [3.8, 4) is 5.75 Å². The lowest BCUT2D eigenvalue weighted by Gasteiger charge is -2.22. The standard InChI is InChI=1S/C24H29N3O3/c28-23(26-21-9-5-2-6-10-21)15-16-24(29)27-25-17-19-11-13-22(14-12-19)30-18-20-7-3-1-4-8-20/h1,3-4,7-8,11-14,17,21H,2,5-6,9-10,15-16,18H2,(H,26,28)(H,27,29)/b25-17+. The van der Waals surface area contributed by atoms with Gasteiger partial charge in [-0.3, -0.25) is 9.59 Å². The second-order valence-electron chi connectivity index (χ2n) is 7.54. The van der Waals surface area contributed by atoms with Crippen LogP contribution in [0.25, 0.3) is 0 Å². The van der Waals surface area contributed by atoms with E-state index >= 15 is 0 Å². The number of carbonyl (C=O) groups excluding carboxylic acids is 2. The minimum atomic E-state index is -0.271. The number of benzene rings is 2. The second kappa shape index (κ2) is 11.8. The molecule has 0 aromatic heterocycles. The van der Waals surface area contributed by atoms with Crippen LogP contribution in [-0.2, 0) is 16.2 Å². The van der Waals surface area contributed by atoms with Crippen molar-refractivity contribution in [2.75, 3.05) is 0 Å². The van der Waals surface area contributed by atoms with Gasteiger partial charge in [-0.1, -0.05) is 49.6 Å². The van der Waals surface area contributed by atoms with Crippen LogP contribution in [0.2, 0.25) is 0 Å². The first kappa shape index (κ1) is 21.6. The van der Waals surface area contributed by atoms with Gasteiger partial charge in [0.25, 0.3) is 0 Å². The van der Waals surface area contributed by atoms with Crippen molar-refractivity contribution in [3.63, 3.8) is 0 Å². The lowest BCUT2D eigenvalue weighted by molar-refractivity contribution is -0.126. The van der Waals surface area contributed by atoms with Crippen LogP contribution >= 0.6 is 0 Å². The molecule has 0 unspecified atom stereocenters. The zero-order chi connectivity index (χ0) is 21.0. The predicted octanol–water partition coefficient (Wildman–Crippen LogP) is 3.94. The number of carbonyl (C=O) groups is 2. The number of nitrogens with zero attached hydrogens (tertiary/aromatic N) is 1. The van der Waals surface area contributed by atoms with Crippen molar-refractivity contribution in [2.45, 2.75) is 57.6 Å². The van der Waals surface area contributed by atoms with Gasteiger partial charge < -0.3 is 10.1 Å². The van der Waals surface area contributed by atoms with Crippen LogP contribution in [0.4, 0.5) is 0 Å². The average molecular weight is 408 g/mol. The van der Waals surface area contributed by atoms with E-state index in [2.05, 4.69) is 15.8 Å². The van der Waals surface area contributed by atoms with Crippen LogP contribution in [0, 0.1) is 0 Å². The summed E-state index contributed by atoms with van der Waals surface area (Å²) >= 11 is 0. The smallest absolute Gasteiger partial charge is 0.240 e. The van der Waals surface area contributed by atoms with Crippen molar-refractivity contribution in [1.29, 1.82) is 0 Å². The lowest BCUT2D eigenvalue weighted by Crippen LogP contribution is -2.36. The Labute approximate surface area is 177 Å². The zero-order valence-electron chi connectivity index (χ0n) is 17.2. The van der Waals surface area contributed by atoms with Gasteiger partial charge in [-0.15, -0.1) is 0 Å². The van der Waals surface area contributed by atoms with E-state index < -0.39 is 0 Å². The number of hydrogen-bond donors (Lipinski definition) is 2. The molecule has 0 spiro atoms. The van der Waals surface area contributed by atoms with Crippen molar-refractivity contribution in [3.05, 3.63) is 65.7 Å². The monoisotopic (exact) mass is 407 g/mol. The van der Waals surface area contributed by atoms with Gasteiger partial charge in [0.2, 0.25) is 11.8 Å². The largest absolute Gasteiger partial charge is 0.489 e. The number of rotatable bonds is 9. The van der Waals surface area contributed by atoms with Gasteiger partial charge in [0.1, 0.15) is 12.4 Å². The highest BCUT2D eigenvalue weighted by Crippen LogP contribution is 2.17. The lowest BCUT2D eigenvalue weighted by atomic mass is 9.95. The van der Waals surface area contributed by atoms with E-state index in [9.17, 15) is 9.59 Å². The third-order valence-electron chi connectivity index (χ3n) is 5.08. The molecular formula is C24H29N3O3. The van der Waals surface area contributed by atoms with Gasteiger partial charge >= 0.3 is 0 Å². The highest BCUT2D eigenvalue weighted by Gasteiger charge is 2.16. The fraction of sp³-hybridized carbons (Fsp3) is 0.375. The molecule has 1 aliphatic carbocycles. The first-order chi connectivity index (χ1) is 14.7. The summed E-state index contributed by atoms with van der Waals surface area (Å²) in [6.07, 6.45) is 7.54. The van der Waals surface area contributed by atoms with Crippen molar-refractivity contribution in [2.24, 2.45) is 5.10 Å². The molecule has 0 atom stereocenters. The summed E-state index contributed by atoms with van der Waals surface area (Å²) in [4.78, 5) is 23.8. The fourth-order valence-electron chi connectivity index (χ4n) is 3.40. The highest BCUT2D eigenvalue weighted by atomic mass is 16.5. The molecule has 0 saturated heterocycles. The van der Waals surface area contributed by atoms with Gasteiger partial charge in [0.15, 0.2) is 0 Å². The zero-order valence-corrected chi connectivity index (χ0v) is 17.2. The summed E-state index contributed by atoms with van der Waals surface area (Å²) in [5.41, 5.74) is 4.43. The quantitative estimate of drug-likeness (QED) is 0.488. The van der Waals surface area contributed by atoms with Crippen LogP contribution in [0.1, 0.15) is 56.1 Å². The number of amides is 2. The first-order valence-corrected chi connectivity index (χ1v) is 10.6. The van der Waals surface area contributed by atoms with E-state index in [0.717, 1.165) is 29.7 Å². The third-order valence-corrected chi connectivity index (χ3v) is 5.08. The van der Waals surface area contributed by atoms with Gasteiger partial charge in [-0.2, -0.15) is 5.10 Å². The van der Waals surface area contributed by atoms with Crippen LogP contribution in [-0.4, -0.2) is 24.1 Å². The van der Waals surface area contributed by atoms with Crippen molar-refractivity contribution < 1.29 is 14.3 Å². The Bertz CT molecular complexity index is 829. The number of ether oxygens (including phenoxy) is 1. The fourth-order valence-corrected chi connectivity index (χ4v) is 3.40. The van der Waals surface area contributed by atoms with E-state index in [1.807, 2.05) is 54.6 Å². The van der Waals surface area contributed by atoms with Gasteiger partial charge in [0, 0.05) is 18.9 Å². The second-order valence-corrected chi connectivity index (χ2v) is 7.54. The number of hydrazone groups is 1. The van der Waals surface area contributed by atoms with Crippen LogP contribution < -0.4 is 15.5 Å². The summed E-state index contributed by atoms with van der Waals surface area (Å²) in [5.74, 6) is 0.434.